The SMILES string of the molecule is c1ccc2cc3c(cc2c1)c1cc2ccccc2cc1n3-c1cc2c(cc1-c1nc(-c3cccc4ccccc34)nc(-c3cccc4c3oc3ccccc34)n1)oc1c3ccccc3ccc21. The first-order chi connectivity index (χ1) is 33.2. The van der Waals surface area contributed by atoms with Crippen LogP contribution in [0.4, 0.5) is 0 Å². The number of aromatic nitrogens is 4. The Labute approximate surface area is 381 Å². The third-order valence-corrected chi connectivity index (χ3v) is 13.8. The molecule has 15 aromatic rings. The number of benzene rings is 11. The Hall–Kier alpha value is -9.13. The van der Waals surface area contributed by atoms with Crippen LogP contribution in [-0.2, 0) is 0 Å². The van der Waals surface area contributed by atoms with Gasteiger partial charge >= 0.3 is 0 Å². The van der Waals surface area contributed by atoms with Crippen molar-refractivity contribution >= 4 is 109 Å². The first-order valence-electron chi connectivity index (χ1n) is 22.6. The molecule has 0 fully saturated rings. The van der Waals surface area contributed by atoms with E-state index in [1.807, 2.05) is 24.3 Å². The van der Waals surface area contributed by atoms with Gasteiger partial charge in [0.1, 0.15) is 22.3 Å². The second-order valence-corrected chi connectivity index (χ2v) is 17.5. The maximum Gasteiger partial charge on any atom is 0.167 e. The van der Waals surface area contributed by atoms with E-state index in [2.05, 4.69) is 187 Å². The van der Waals surface area contributed by atoms with Crippen LogP contribution in [0.5, 0.6) is 0 Å². The van der Waals surface area contributed by atoms with Gasteiger partial charge < -0.3 is 13.4 Å². The largest absolute Gasteiger partial charge is 0.455 e. The molecule has 6 heteroatoms. The van der Waals surface area contributed by atoms with Gasteiger partial charge in [-0.3, -0.25) is 0 Å². The van der Waals surface area contributed by atoms with Gasteiger partial charge in [0.25, 0.3) is 0 Å². The molecule has 0 aliphatic rings. The number of nitrogens with zero attached hydrogens (tertiary/aromatic N) is 4. The number of para-hydroxylation sites is 2. The van der Waals surface area contributed by atoms with Crippen molar-refractivity contribution in [3.8, 4) is 39.9 Å². The molecule has 0 unspecified atom stereocenters. The molecule has 4 heterocycles. The van der Waals surface area contributed by atoms with Crippen molar-refractivity contribution in [3.05, 3.63) is 206 Å². The molecule has 0 saturated heterocycles. The van der Waals surface area contributed by atoms with Gasteiger partial charge in [-0.05, 0) is 92.3 Å². The molecule has 6 nitrogen and oxygen atoms in total. The molecular weight excluding hydrogens is 821 g/mol. The molecule has 0 amide bonds. The van der Waals surface area contributed by atoms with E-state index in [0.29, 0.717) is 17.5 Å². The highest BCUT2D eigenvalue weighted by atomic mass is 16.3. The molecule has 0 aliphatic carbocycles. The summed E-state index contributed by atoms with van der Waals surface area (Å²) in [4.78, 5) is 16.4. The van der Waals surface area contributed by atoms with Crippen molar-refractivity contribution in [2.24, 2.45) is 0 Å². The number of rotatable bonds is 4. The number of hydrogen-bond acceptors (Lipinski definition) is 5. The van der Waals surface area contributed by atoms with Crippen molar-refractivity contribution in [1.82, 2.24) is 19.5 Å². The van der Waals surface area contributed by atoms with E-state index in [1.165, 1.54) is 10.8 Å². The van der Waals surface area contributed by atoms with Gasteiger partial charge in [-0.25, -0.2) is 15.0 Å². The van der Waals surface area contributed by atoms with Gasteiger partial charge in [0, 0.05) is 48.8 Å². The highest BCUT2D eigenvalue weighted by molar-refractivity contribution is 6.19. The monoisotopic (exact) mass is 854 g/mol. The van der Waals surface area contributed by atoms with Crippen molar-refractivity contribution in [1.29, 1.82) is 0 Å². The molecule has 4 aromatic heterocycles. The standard InChI is InChI=1S/C61H34N4O2/c1-3-17-39-31-52-48(29-37(39)15-1)49-30-38-16-2-4-18-40(38)32-53(49)65(52)54-33-50-45-28-27-36-14-6-8-21-42(36)57(45)67-56(50)34-51(54)61-63-59(46-24-11-19-35-13-5-7-20-41(35)46)62-60(64-61)47-25-12-23-44-43-22-9-10-26-55(43)66-58(44)47/h1-34H. The Kier molecular flexibility index (Phi) is 7.40. The van der Waals surface area contributed by atoms with E-state index < -0.39 is 0 Å². The van der Waals surface area contributed by atoms with Crippen LogP contribution in [0, 0.1) is 0 Å². The highest BCUT2D eigenvalue weighted by Gasteiger charge is 2.25. The summed E-state index contributed by atoms with van der Waals surface area (Å²) in [6, 6.07) is 72.8. The van der Waals surface area contributed by atoms with Crippen LogP contribution in [0.2, 0.25) is 0 Å². The summed E-state index contributed by atoms with van der Waals surface area (Å²) >= 11 is 0. The smallest absolute Gasteiger partial charge is 0.167 e. The molecule has 0 aliphatic heterocycles. The van der Waals surface area contributed by atoms with Crippen LogP contribution in [-0.4, -0.2) is 19.5 Å². The van der Waals surface area contributed by atoms with Crippen molar-refractivity contribution in [2.75, 3.05) is 0 Å². The Bertz CT molecular complexity index is 4500. The first kappa shape index (κ1) is 36.2. The second kappa shape index (κ2) is 13.7. The highest BCUT2D eigenvalue weighted by Crippen LogP contribution is 2.44. The molecule has 0 spiro atoms. The molecular formula is C61H34N4O2. The maximum absolute atomic E-state index is 6.97. The van der Waals surface area contributed by atoms with E-state index in [1.54, 1.807) is 0 Å². The molecule has 0 bridgehead atoms. The zero-order valence-electron chi connectivity index (χ0n) is 35.7. The Morgan fingerprint density at radius 1 is 0.284 bits per heavy atom. The summed E-state index contributed by atoms with van der Waals surface area (Å²) in [7, 11) is 0. The summed E-state index contributed by atoms with van der Waals surface area (Å²) in [6.07, 6.45) is 0. The van der Waals surface area contributed by atoms with Gasteiger partial charge in [-0.15, -0.1) is 0 Å². The molecule has 0 N–H and O–H groups in total. The topological polar surface area (TPSA) is 69.9 Å². The second-order valence-electron chi connectivity index (χ2n) is 17.5. The maximum atomic E-state index is 6.97. The van der Waals surface area contributed by atoms with Crippen LogP contribution in [0.1, 0.15) is 0 Å². The molecule has 310 valence electrons. The zero-order valence-corrected chi connectivity index (χ0v) is 35.7. The number of hydrogen-bond donors (Lipinski definition) is 0. The number of furan rings is 2. The lowest BCUT2D eigenvalue weighted by molar-refractivity contribution is 0.669. The lowest BCUT2D eigenvalue weighted by Gasteiger charge is -2.16. The van der Waals surface area contributed by atoms with E-state index in [9.17, 15) is 0 Å². The lowest BCUT2D eigenvalue weighted by atomic mass is 10.0. The van der Waals surface area contributed by atoms with Crippen LogP contribution in [0.25, 0.3) is 149 Å². The van der Waals surface area contributed by atoms with Crippen molar-refractivity contribution < 1.29 is 8.83 Å². The van der Waals surface area contributed by atoms with E-state index in [0.717, 1.165) is 120 Å². The Balaban J connectivity index is 1.11. The third-order valence-electron chi connectivity index (χ3n) is 13.8. The minimum absolute atomic E-state index is 0.512. The summed E-state index contributed by atoms with van der Waals surface area (Å²) < 4.78 is 16.0. The lowest BCUT2D eigenvalue weighted by Crippen LogP contribution is -2.04. The normalized spacial score (nSPS) is 12.2. The predicted octanol–water partition coefficient (Wildman–Crippen LogP) is 16.4. The fourth-order valence-corrected chi connectivity index (χ4v) is 10.6. The Morgan fingerprint density at radius 3 is 1.49 bits per heavy atom. The minimum atomic E-state index is 0.512. The van der Waals surface area contributed by atoms with Gasteiger partial charge in [0.2, 0.25) is 0 Å². The predicted molar refractivity (Wildman–Crippen MR) is 275 cm³/mol. The van der Waals surface area contributed by atoms with Crippen LogP contribution < -0.4 is 0 Å². The van der Waals surface area contributed by atoms with Crippen LogP contribution in [0.15, 0.2) is 215 Å². The quantitative estimate of drug-likeness (QED) is 0.176. The fourth-order valence-electron chi connectivity index (χ4n) is 10.6. The van der Waals surface area contributed by atoms with Crippen molar-refractivity contribution in [2.45, 2.75) is 0 Å². The molecule has 0 atom stereocenters. The molecule has 0 saturated carbocycles. The van der Waals surface area contributed by atoms with Crippen molar-refractivity contribution in [3.63, 3.8) is 0 Å². The van der Waals surface area contributed by atoms with Gasteiger partial charge in [0.15, 0.2) is 17.5 Å². The third kappa shape index (κ3) is 5.35. The number of fused-ring (bicyclic) bond motifs is 14. The summed E-state index contributed by atoms with van der Waals surface area (Å²) in [5.74, 6) is 1.59. The summed E-state index contributed by atoms with van der Waals surface area (Å²) in [5.41, 5.74) is 8.72. The average Bonchev–Trinajstić information content (AvgIpc) is 4.05. The van der Waals surface area contributed by atoms with E-state index in [4.69, 9.17) is 23.8 Å². The fraction of sp³-hybridized carbons (Fsp3) is 0. The van der Waals surface area contributed by atoms with Gasteiger partial charge in [0.05, 0.1) is 22.3 Å². The van der Waals surface area contributed by atoms with E-state index >= 15 is 0 Å². The minimum Gasteiger partial charge on any atom is -0.455 e. The molecule has 15 rings (SSSR count). The molecule has 11 aromatic carbocycles. The van der Waals surface area contributed by atoms with Gasteiger partial charge in [-0.1, -0.05) is 152 Å². The summed E-state index contributed by atoms with van der Waals surface area (Å²) in [5, 5.41) is 15.5. The molecule has 0 radical (unpaired) electrons. The van der Waals surface area contributed by atoms with E-state index in [-0.39, 0.29) is 0 Å². The summed E-state index contributed by atoms with van der Waals surface area (Å²) in [6.45, 7) is 0. The Morgan fingerprint density at radius 2 is 0.776 bits per heavy atom. The average molecular weight is 855 g/mol. The zero-order chi connectivity index (χ0) is 43.7. The van der Waals surface area contributed by atoms with Crippen LogP contribution in [0.3, 0.4) is 0 Å². The van der Waals surface area contributed by atoms with Crippen LogP contribution >= 0.6 is 0 Å². The van der Waals surface area contributed by atoms with Gasteiger partial charge in [-0.2, -0.15) is 0 Å². The first-order valence-corrected chi connectivity index (χ1v) is 22.6. The molecule has 67 heavy (non-hydrogen) atoms.